The van der Waals surface area contributed by atoms with Crippen LogP contribution in [0.25, 0.3) is 10.2 Å². The van der Waals surface area contributed by atoms with Gasteiger partial charge in [0.05, 0.1) is 15.0 Å². The Morgan fingerprint density at radius 3 is 3.06 bits per heavy atom. The van der Waals surface area contributed by atoms with Crippen molar-refractivity contribution in [1.29, 1.82) is 0 Å². The van der Waals surface area contributed by atoms with Gasteiger partial charge in [0.1, 0.15) is 0 Å². The molecule has 0 fully saturated rings. The van der Waals surface area contributed by atoms with E-state index in [1.807, 2.05) is 25.1 Å². The Morgan fingerprint density at radius 1 is 1.59 bits per heavy atom. The lowest BCUT2D eigenvalue weighted by atomic mass is 10.3. The van der Waals surface area contributed by atoms with Crippen LogP contribution in [0.2, 0.25) is 0 Å². The van der Waals surface area contributed by atoms with Crippen molar-refractivity contribution in [3.8, 4) is 0 Å². The van der Waals surface area contributed by atoms with E-state index in [1.165, 1.54) is 11.3 Å². The summed E-state index contributed by atoms with van der Waals surface area (Å²) in [6.45, 7) is 1.95. The number of rotatable bonds is 3. The number of carbonyl (C=O) groups excluding carboxylic acids is 1. The highest BCUT2D eigenvalue weighted by molar-refractivity contribution is 9.10. The topological polar surface area (TPSA) is 42.0 Å². The number of carbonyl (C=O) groups is 1. The molecule has 1 aromatic heterocycles. The predicted octanol–water partition coefficient (Wildman–Crippen LogP) is 4.17. The maximum absolute atomic E-state index is 11.7. The van der Waals surface area contributed by atoms with Crippen molar-refractivity contribution in [2.75, 3.05) is 5.32 Å². The lowest BCUT2D eigenvalue weighted by Gasteiger charge is -2.04. The fourth-order valence-corrected chi connectivity index (χ4v) is 2.86. The minimum atomic E-state index is -0.166. The summed E-state index contributed by atoms with van der Waals surface area (Å²) < 4.78 is 2.07. The highest BCUT2D eigenvalue weighted by atomic mass is 79.9. The largest absolute Gasteiger partial charge is 0.301 e. The Bertz CT molecular complexity index is 555. The molecular formula is C11H10Br2N2OS. The first-order valence-electron chi connectivity index (χ1n) is 5.11. The van der Waals surface area contributed by atoms with Gasteiger partial charge in [0.15, 0.2) is 5.13 Å². The van der Waals surface area contributed by atoms with E-state index in [-0.39, 0.29) is 10.7 Å². The van der Waals surface area contributed by atoms with Crippen molar-refractivity contribution in [3.63, 3.8) is 0 Å². The van der Waals surface area contributed by atoms with Gasteiger partial charge in [0.2, 0.25) is 5.91 Å². The molecule has 0 radical (unpaired) electrons. The Balaban J connectivity index is 2.22. The van der Waals surface area contributed by atoms with Gasteiger partial charge in [-0.25, -0.2) is 4.98 Å². The molecule has 1 unspecified atom stereocenters. The molecule has 0 aliphatic rings. The first-order chi connectivity index (χ1) is 8.10. The second-order valence-corrected chi connectivity index (χ2v) is 6.55. The van der Waals surface area contributed by atoms with Gasteiger partial charge >= 0.3 is 0 Å². The number of amides is 1. The van der Waals surface area contributed by atoms with Crippen molar-refractivity contribution < 1.29 is 4.79 Å². The van der Waals surface area contributed by atoms with E-state index in [2.05, 4.69) is 42.2 Å². The number of nitrogens with one attached hydrogen (secondary N) is 1. The molecule has 3 nitrogen and oxygen atoms in total. The van der Waals surface area contributed by atoms with E-state index < -0.39 is 0 Å². The monoisotopic (exact) mass is 376 g/mol. The van der Waals surface area contributed by atoms with Crippen LogP contribution in [0, 0.1) is 0 Å². The molecule has 0 saturated carbocycles. The van der Waals surface area contributed by atoms with E-state index in [1.54, 1.807) is 0 Å². The predicted molar refractivity (Wildman–Crippen MR) is 79.0 cm³/mol. The number of aromatic nitrogens is 1. The number of hydrogen-bond acceptors (Lipinski definition) is 3. The smallest absolute Gasteiger partial charge is 0.239 e. The van der Waals surface area contributed by atoms with Gasteiger partial charge in [-0.2, -0.15) is 0 Å². The summed E-state index contributed by atoms with van der Waals surface area (Å²) in [5.41, 5.74) is 0.899. The van der Waals surface area contributed by atoms with Crippen molar-refractivity contribution in [1.82, 2.24) is 4.98 Å². The second kappa shape index (κ2) is 5.46. The summed E-state index contributed by atoms with van der Waals surface area (Å²) in [5, 5.41) is 3.45. The van der Waals surface area contributed by atoms with Crippen LogP contribution in [0.1, 0.15) is 13.3 Å². The van der Waals surface area contributed by atoms with Crippen LogP contribution < -0.4 is 5.32 Å². The number of fused-ring (bicyclic) bond motifs is 1. The molecule has 90 valence electrons. The lowest BCUT2D eigenvalue weighted by molar-refractivity contribution is -0.115. The molecule has 17 heavy (non-hydrogen) atoms. The molecule has 2 aromatic rings. The Kier molecular flexibility index (Phi) is 4.17. The average molecular weight is 378 g/mol. The maximum Gasteiger partial charge on any atom is 0.239 e. The van der Waals surface area contributed by atoms with Crippen LogP contribution in [-0.2, 0) is 4.79 Å². The van der Waals surface area contributed by atoms with E-state index in [0.29, 0.717) is 5.13 Å². The molecule has 1 amide bonds. The molecule has 1 aromatic carbocycles. The summed E-state index contributed by atoms with van der Waals surface area (Å²) in [7, 11) is 0. The molecule has 6 heteroatoms. The van der Waals surface area contributed by atoms with Gasteiger partial charge in [-0.3, -0.25) is 4.79 Å². The minimum absolute atomic E-state index is 0.0504. The van der Waals surface area contributed by atoms with Crippen molar-refractivity contribution in [3.05, 3.63) is 22.7 Å². The third kappa shape index (κ3) is 3.05. The fourth-order valence-electron chi connectivity index (χ4n) is 1.32. The Morgan fingerprint density at radius 2 is 2.35 bits per heavy atom. The summed E-state index contributed by atoms with van der Waals surface area (Å²) >= 11 is 8.20. The SMILES string of the molecule is CCC(Br)C(=O)Nc1nc2ccc(Br)cc2s1. The molecule has 0 bridgehead atoms. The second-order valence-electron chi connectivity index (χ2n) is 3.50. The van der Waals surface area contributed by atoms with Crippen LogP contribution in [-0.4, -0.2) is 15.7 Å². The molecule has 0 saturated heterocycles. The zero-order valence-electron chi connectivity index (χ0n) is 9.04. The van der Waals surface area contributed by atoms with Crippen LogP contribution >= 0.6 is 43.2 Å². The van der Waals surface area contributed by atoms with E-state index in [9.17, 15) is 4.79 Å². The van der Waals surface area contributed by atoms with Gasteiger partial charge in [-0.05, 0) is 24.6 Å². The molecule has 2 rings (SSSR count). The standard InChI is InChI=1S/C11H10Br2N2OS/c1-2-7(13)10(16)15-11-14-8-4-3-6(12)5-9(8)17-11/h3-5,7H,2H2,1H3,(H,14,15,16). The number of hydrogen-bond donors (Lipinski definition) is 1. The van der Waals surface area contributed by atoms with E-state index >= 15 is 0 Å². The maximum atomic E-state index is 11.7. The van der Waals surface area contributed by atoms with Gasteiger partial charge in [0, 0.05) is 4.47 Å². The van der Waals surface area contributed by atoms with Crippen molar-refractivity contribution >= 4 is 64.5 Å². The highest BCUT2D eigenvalue weighted by Gasteiger charge is 2.14. The minimum Gasteiger partial charge on any atom is -0.301 e. The molecule has 1 heterocycles. The summed E-state index contributed by atoms with van der Waals surface area (Å²) in [5.74, 6) is -0.0504. The summed E-state index contributed by atoms with van der Waals surface area (Å²) in [4.78, 5) is 15.9. The summed E-state index contributed by atoms with van der Waals surface area (Å²) in [6, 6.07) is 5.86. The van der Waals surface area contributed by atoms with Gasteiger partial charge in [0.25, 0.3) is 0 Å². The molecule has 1 N–H and O–H groups in total. The molecule has 0 spiro atoms. The first kappa shape index (κ1) is 13.0. The van der Waals surface area contributed by atoms with E-state index in [0.717, 1.165) is 21.1 Å². The number of alkyl halides is 1. The number of thiazole rings is 1. The van der Waals surface area contributed by atoms with Crippen molar-refractivity contribution in [2.45, 2.75) is 18.2 Å². The molecule has 0 aliphatic carbocycles. The van der Waals surface area contributed by atoms with Crippen LogP contribution in [0.15, 0.2) is 22.7 Å². The third-order valence-corrected chi connectivity index (χ3v) is 4.71. The molecule has 0 aliphatic heterocycles. The molecule has 1 atom stereocenters. The lowest BCUT2D eigenvalue weighted by Crippen LogP contribution is -2.21. The quantitative estimate of drug-likeness (QED) is 0.815. The Labute approximate surface area is 120 Å². The van der Waals surface area contributed by atoms with Crippen LogP contribution in [0.3, 0.4) is 0 Å². The number of nitrogens with zero attached hydrogens (tertiary/aromatic N) is 1. The third-order valence-electron chi connectivity index (χ3n) is 2.22. The Hall–Kier alpha value is -0.460. The summed E-state index contributed by atoms with van der Waals surface area (Å²) in [6.07, 6.45) is 0.752. The average Bonchev–Trinajstić information content (AvgIpc) is 2.69. The first-order valence-corrected chi connectivity index (χ1v) is 7.63. The van der Waals surface area contributed by atoms with Gasteiger partial charge in [-0.15, -0.1) is 0 Å². The highest BCUT2D eigenvalue weighted by Crippen LogP contribution is 2.28. The van der Waals surface area contributed by atoms with Crippen LogP contribution in [0.5, 0.6) is 0 Å². The zero-order chi connectivity index (χ0) is 12.4. The number of halogens is 2. The number of anilines is 1. The molecular weight excluding hydrogens is 368 g/mol. The number of benzene rings is 1. The van der Waals surface area contributed by atoms with Crippen molar-refractivity contribution in [2.24, 2.45) is 0 Å². The van der Waals surface area contributed by atoms with Crippen LogP contribution in [0.4, 0.5) is 5.13 Å². The fraction of sp³-hybridized carbons (Fsp3) is 0.273. The zero-order valence-corrected chi connectivity index (χ0v) is 13.0. The normalized spacial score (nSPS) is 12.6. The van der Waals surface area contributed by atoms with E-state index in [4.69, 9.17) is 0 Å². The van der Waals surface area contributed by atoms with Gasteiger partial charge < -0.3 is 5.32 Å². The van der Waals surface area contributed by atoms with Gasteiger partial charge in [-0.1, -0.05) is 50.1 Å².